The van der Waals surface area contributed by atoms with E-state index in [1.165, 1.54) is 0 Å². The van der Waals surface area contributed by atoms with Gasteiger partial charge >= 0.3 is 12.1 Å². The van der Waals surface area contributed by atoms with Gasteiger partial charge in [-0.2, -0.15) is 31.5 Å². The Morgan fingerprint density at radius 2 is 1.77 bits per heavy atom. The summed E-state index contributed by atoms with van der Waals surface area (Å²) < 4.78 is 111. The van der Waals surface area contributed by atoms with Gasteiger partial charge in [0.15, 0.2) is 0 Å². The van der Waals surface area contributed by atoms with Crippen molar-refractivity contribution in [1.82, 2.24) is 4.31 Å². The zero-order chi connectivity index (χ0) is 23.6. The summed E-state index contributed by atoms with van der Waals surface area (Å²) in [7, 11) is -4.62. The number of nitrogens with zero attached hydrogens (tertiary/aromatic N) is 2. The second kappa shape index (κ2) is 6.84. The Morgan fingerprint density at radius 1 is 1.16 bits per heavy atom. The molecule has 0 saturated carbocycles. The Hall–Kier alpha value is -2.82. The van der Waals surface area contributed by atoms with Crippen LogP contribution in [0.3, 0.4) is 0 Å². The van der Waals surface area contributed by atoms with E-state index in [4.69, 9.17) is 10.00 Å². The van der Waals surface area contributed by atoms with Crippen LogP contribution in [0.2, 0.25) is 0 Å². The molecule has 2 aromatic rings. The van der Waals surface area contributed by atoms with Crippen LogP contribution in [0, 0.1) is 24.1 Å². The predicted octanol–water partition coefficient (Wildman–Crippen LogP) is 3.77. The van der Waals surface area contributed by atoms with Crippen LogP contribution in [0.4, 0.5) is 26.3 Å². The highest BCUT2D eigenvalue weighted by Crippen LogP contribution is 2.56. The Balaban J connectivity index is 2.22. The first-order valence-electron chi connectivity index (χ1n) is 8.27. The van der Waals surface area contributed by atoms with E-state index in [1.54, 1.807) is 6.07 Å². The Labute approximate surface area is 171 Å². The van der Waals surface area contributed by atoms with Gasteiger partial charge in [-0.25, -0.2) is 12.8 Å². The third-order valence-corrected chi connectivity index (χ3v) is 6.86. The van der Waals surface area contributed by atoms with Crippen molar-refractivity contribution in [2.75, 3.05) is 7.05 Å². The molecule has 0 spiro atoms. The Bertz CT molecular complexity index is 1220. The van der Waals surface area contributed by atoms with E-state index < -0.39 is 54.0 Å². The average Bonchev–Trinajstić information content (AvgIpc) is 2.81. The largest absolute Gasteiger partial charge is 0.458 e. The Morgan fingerprint density at radius 3 is 2.32 bits per heavy atom. The second-order valence-electron chi connectivity index (χ2n) is 6.67. The maximum absolute atomic E-state index is 14.2. The summed E-state index contributed by atoms with van der Waals surface area (Å²) in [6, 6.07) is 5.92. The molecule has 0 aromatic heterocycles. The minimum absolute atomic E-state index is 0.139. The van der Waals surface area contributed by atoms with Crippen LogP contribution in [0.5, 0.6) is 11.5 Å². The molecule has 1 aliphatic heterocycles. The quantitative estimate of drug-likeness (QED) is 0.696. The number of alkyl halides is 5. The van der Waals surface area contributed by atoms with E-state index in [2.05, 4.69) is 0 Å². The second-order valence-corrected chi connectivity index (χ2v) is 8.58. The van der Waals surface area contributed by atoms with Crippen molar-refractivity contribution in [1.29, 1.82) is 5.26 Å². The number of sulfonamides is 1. The molecule has 1 N–H and O–H groups in total. The van der Waals surface area contributed by atoms with Gasteiger partial charge in [-0.3, -0.25) is 0 Å². The van der Waals surface area contributed by atoms with Crippen molar-refractivity contribution in [3.05, 3.63) is 52.8 Å². The van der Waals surface area contributed by atoms with Gasteiger partial charge in [-0.1, -0.05) is 0 Å². The number of ether oxygens (including phenoxy) is 1. The summed E-state index contributed by atoms with van der Waals surface area (Å²) in [5, 5.41) is 19.3. The molecule has 0 saturated heterocycles. The van der Waals surface area contributed by atoms with Crippen LogP contribution < -0.4 is 4.74 Å². The third kappa shape index (κ3) is 3.13. The lowest BCUT2D eigenvalue weighted by Gasteiger charge is -2.37. The molecule has 1 atom stereocenters. The van der Waals surface area contributed by atoms with Crippen LogP contribution in [-0.2, 0) is 15.7 Å². The number of benzene rings is 2. The molecule has 0 fully saturated rings. The summed E-state index contributed by atoms with van der Waals surface area (Å²) in [6.45, 7) is 1.06. The molecule has 3 rings (SSSR count). The van der Waals surface area contributed by atoms with Crippen molar-refractivity contribution in [3.8, 4) is 17.6 Å². The highest BCUT2D eigenvalue weighted by Gasteiger charge is 2.76. The smallest absolute Gasteiger partial charge is 0.457 e. The molecular formula is C18H12F6N2O4S. The monoisotopic (exact) mass is 466 g/mol. The number of hydrogen-bond donors (Lipinski definition) is 1. The lowest BCUT2D eigenvalue weighted by molar-refractivity contribution is -0.365. The number of rotatable bonds is 3. The van der Waals surface area contributed by atoms with Crippen LogP contribution in [0.25, 0.3) is 0 Å². The van der Waals surface area contributed by atoms with Crippen molar-refractivity contribution < 1.29 is 44.6 Å². The molecule has 2 aromatic carbocycles. The number of fused-ring (bicyclic) bond motifs is 1. The lowest BCUT2D eigenvalue weighted by atomic mass is 9.93. The summed E-state index contributed by atoms with van der Waals surface area (Å²) >= 11 is 0. The first-order valence-corrected chi connectivity index (χ1v) is 9.71. The van der Waals surface area contributed by atoms with Gasteiger partial charge in [0.2, 0.25) is 15.7 Å². The maximum atomic E-state index is 14.2. The van der Waals surface area contributed by atoms with Crippen molar-refractivity contribution >= 4 is 10.0 Å². The van der Waals surface area contributed by atoms with Gasteiger partial charge in [0, 0.05) is 24.2 Å². The van der Waals surface area contributed by atoms with Gasteiger partial charge < -0.3 is 9.84 Å². The van der Waals surface area contributed by atoms with E-state index in [0.717, 1.165) is 31.2 Å². The minimum Gasteiger partial charge on any atom is -0.457 e. The fourth-order valence-electron chi connectivity index (χ4n) is 3.25. The number of hydrogen-bond acceptors (Lipinski definition) is 5. The molecule has 0 amide bonds. The zero-order valence-electron chi connectivity index (χ0n) is 15.6. The molecule has 0 aliphatic carbocycles. The van der Waals surface area contributed by atoms with Gasteiger partial charge in [0.05, 0.1) is 16.5 Å². The van der Waals surface area contributed by atoms with Gasteiger partial charge in [0.1, 0.15) is 17.3 Å². The fourth-order valence-corrected chi connectivity index (χ4v) is 5.06. The standard InChI is InChI=1S/C18H12F6N2O4S/c1-9-14(30-12-6-10(8-25)5-11(19)7-12)4-3-13-15(9)31(28,29)26(2)16(13,27)17(20,21)18(22,23)24/h3-7,27H,1-2H3. The highest BCUT2D eigenvalue weighted by molar-refractivity contribution is 7.89. The van der Waals surface area contributed by atoms with Gasteiger partial charge in [-0.05, 0) is 31.2 Å². The highest BCUT2D eigenvalue weighted by atomic mass is 32.2. The number of aliphatic hydroxyl groups is 1. The molecule has 31 heavy (non-hydrogen) atoms. The minimum atomic E-state index is -6.27. The first kappa shape index (κ1) is 22.9. The molecule has 1 aliphatic rings. The van der Waals surface area contributed by atoms with Crippen LogP contribution in [0.1, 0.15) is 16.7 Å². The molecule has 13 heteroatoms. The van der Waals surface area contributed by atoms with E-state index >= 15 is 0 Å². The van der Waals surface area contributed by atoms with Gasteiger partial charge in [-0.15, -0.1) is 0 Å². The summed E-state index contributed by atoms with van der Waals surface area (Å²) in [5.41, 5.74) is -5.98. The van der Waals surface area contributed by atoms with E-state index in [1.807, 2.05) is 0 Å². The van der Waals surface area contributed by atoms with Crippen molar-refractivity contribution in [3.63, 3.8) is 0 Å². The molecule has 6 nitrogen and oxygen atoms in total. The summed E-state index contributed by atoms with van der Waals surface area (Å²) in [6.07, 6.45) is -6.27. The lowest BCUT2D eigenvalue weighted by Crippen LogP contribution is -2.61. The first-order chi connectivity index (χ1) is 14.1. The zero-order valence-corrected chi connectivity index (χ0v) is 16.4. The van der Waals surface area contributed by atoms with Crippen LogP contribution in [-0.4, -0.2) is 37.0 Å². The Kier molecular flexibility index (Phi) is 5.04. The molecular weight excluding hydrogens is 454 g/mol. The molecule has 1 heterocycles. The van der Waals surface area contributed by atoms with Gasteiger partial charge in [0.25, 0.3) is 0 Å². The van der Waals surface area contributed by atoms with E-state index in [-0.39, 0.29) is 17.1 Å². The van der Waals surface area contributed by atoms with Crippen LogP contribution >= 0.6 is 0 Å². The topological polar surface area (TPSA) is 90.6 Å². The normalized spacial score (nSPS) is 20.9. The van der Waals surface area contributed by atoms with E-state index in [0.29, 0.717) is 13.1 Å². The molecule has 166 valence electrons. The molecule has 0 radical (unpaired) electrons. The number of halogens is 6. The average molecular weight is 466 g/mol. The maximum Gasteiger partial charge on any atom is 0.458 e. The van der Waals surface area contributed by atoms with Crippen molar-refractivity contribution in [2.24, 2.45) is 0 Å². The van der Waals surface area contributed by atoms with E-state index in [9.17, 15) is 39.9 Å². The third-order valence-electron chi connectivity index (χ3n) is 4.83. The fraction of sp³-hybridized carbons (Fsp3) is 0.278. The predicted molar refractivity (Wildman–Crippen MR) is 92.2 cm³/mol. The summed E-state index contributed by atoms with van der Waals surface area (Å²) in [5.74, 6) is -7.30. The SMILES string of the molecule is Cc1c(Oc2cc(F)cc(C#N)c2)ccc2c1S(=O)(=O)N(C)C2(O)C(F)(F)C(F)(F)F. The van der Waals surface area contributed by atoms with Crippen molar-refractivity contribution in [2.45, 2.75) is 29.6 Å². The summed E-state index contributed by atoms with van der Waals surface area (Å²) in [4.78, 5) is -1.00. The van der Waals surface area contributed by atoms with Crippen LogP contribution in [0.15, 0.2) is 35.2 Å². The molecule has 1 unspecified atom stereocenters. The molecule has 0 bridgehead atoms. The number of nitriles is 1.